The van der Waals surface area contributed by atoms with Crippen LogP contribution < -0.4 is 9.47 Å². The van der Waals surface area contributed by atoms with Crippen molar-refractivity contribution in [2.45, 2.75) is 46.1 Å². The summed E-state index contributed by atoms with van der Waals surface area (Å²) in [5.74, 6) is -0.140. The van der Waals surface area contributed by atoms with Crippen molar-refractivity contribution in [1.29, 1.82) is 0 Å². The van der Waals surface area contributed by atoms with Crippen molar-refractivity contribution in [2.75, 3.05) is 19.8 Å². The summed E-state index contributed by atoms with van der Waals surface area (Å²) in [5.41, 5.74) is 2.11. The summed E-state index contributed by atoms with van der Waals surface area (Å²) in [6.07, 6.45) is 4.16. The van der Waals surface area contributed by atoms with Gasteiger partial charge in [-0.15, -0.1) is 0 Å². The fraction of sp³-hybridized carbons (Fsp3) is 0.357. The molecule has 180 valence electrons. The quantitative estimate of drug-likeness (QED) is 0.204. The molecule has 1 unspecified atom stereocenters. The van der Waals surface area contributed by atoms with Gasteiger partial charge in [0.2, 0.25) is 0 Å². The summed E-state index contributed by atoms with van der Waals surface area (Å²) in [5, 5.41) is 11.3. The molecule has 1 aliphatic heterocycles. The molecule has 34 heavy (non-hydrogen) atoms. The van der Waals surface area contributed by atoms with Crippen LogP contribution in [-0.2, 0) is 9.59 Å². The van der Waals surface area contributed by atoms with Crippen LogP contribution >= 0.6 is 0 Å². The van der Waals surface area contributed by atoms with E-state index in [2.05, 4.69) is 6.58 Å². The van der Waals surface area contributed by atoms with Crippen molar-refractivity contribution < 1.29 is 24.2 Å². The van der Waals surface area contributed by atoms with Gasteiger partial charge in [-0.2, -0.15) is 0 Å². The van der Waals surface area contributed by atoms with Gasteiger partial charge in [0.25, 0.3) is 11.7 Å². The van der Waals surface area contributed by atoms with Crippen LogP contribution in [0.15, 0.2) is 60.7 Å². The van der Waals surface area contributed by atoms with Crippen molar-refractivity contribution >= 4 is 17.4 Å². The molecule has 0 spiro atoms. The normalized spacial score (nSPS) is 17.1. The SMILES string of the molecule is C=CCOc1cccc(C2/C(=C(\O)c3ccc(OCCC)c(C)c3)C(=O)C(=O)N2CCCC)c1. The highest BCUT2D eigenvalue weighted by Crippen LogP contribution is 2.40. The number of nitrogens with zero attached hydrogens (tertiary/aromatic N) is 1. The zero-order valence-corrected chi connectivity index (χ0v) is 20.2. The third-order valence-corrected chi connectivity index (χ3v) is 5.74. The molecule has 0 radical (unpaired) electrons. The summed E-state index contributed by atoms with van der Waals surface area (Å²) in [4.78, 5) is 27.7. The smallest absolute Gasteiger partial charge is 0.295 e. The largest absolute Gasteiger partial charge is 0.507 e. The second-order valence-electron chi connectivity index (χ2n) is 8.35. The van der Waals surface area contributed by atoms with Crippen LogP contribution in [0.5, 0.6) is 11.5 Å². The van der Waals surface area contributed by atoms with E-state index >= 15 is 0 Å². The number of carbonyl (C=O) groups excluding carboxylic acids is 2. The number of rotatable bonds is 11. The molecular weight excluding hydrogens is 430 g/mol. The maximum Gasteiger partial charge on any atom is 0.295 e. The molecule has 2 aromatic rings. The average molecular weight is 464 g/mol. The maximum atomic E-state index is 13.1. The Kier molecular flexibility index (Phi) is 8.52. The molecule has 2 aromatic carbocycles. The van der Waals surface area contributed by atoms with Gasteiger partial charge in [0.15, 0.2) is 0 Å². The Morgan fingerprint density at radius 1 is 1.12 bits per heavy atom. The first-order valence-corrected chi connectivity index (χ1v) is 11.8. The van der Waals surface area contributed by atoms with Crippen LogP contribution in [0.25, 0.3) is 5.76 Å². The molecule has 1 heterocycles. The molecule has 0 bridgehead atoms. The van der Waals surface area contributed by atoms with Crippen molar-refractivity contribution in [3.05, 3.63) is 77.4 Å². The lowest BCUT2D eigenvalue weighted by atomic mass is 9.94. The summed E-state index contributed by atoms with van der Waals surface area (Å²) >= 11 is 0. The second kappa shape index (κ2) is 11.5. The molecule has 1 atom stereocenters. The van der Waals surface area contributed by atoms with Crippen LogP contribution in [0, 0.1) is 6.92 Å². The molecular formula is C28H33NO5. The van der Waals surface area contributed by atoms with Gasteiger partial charge in [0.05, 0.1) is 18.2 Å². The minimum Gasteiger partial charge on any atom is -0.507 e. The summed E-state index contributed by atoms with van der Waals surface area (Å²) in [6, 6.07) is 11.9. The lowest BCUT2D eigenvalue weighted by Crippen LogP contribution is -2.30. The number of ether oxygens (including phenoxy) is 2. The van der Waals surface area contributed by atoms with Gasteiger partial charge in [-0.3, -0.25) is 9.59 Å². The van der Waals surface area contributed by atoms with Gasteiger partial charge in [-0.25, -0.2) is 0 Å². The topological polar surface area (TPSA) is 76.1 Å². The van der Waals surface area contributed by atoms with E-state index in [4.69, 9.17) is 9.47 Å². The van der Waals surface area contributed by atoms with Crippen LogP contribution in [-0.4, -0.2) is 41.5 Å². The Labute approximate surface area is 201 Å². The third-order valence-electron chi connectivity index (χ3n) is 5.74. The van der Waals surface area contributed by atoms with Crippen LogP contribution in [0.1, 0.15) is 55.8 Å². The van der Waals surface area contributed by atoms with Gasteiger partial charge in [-0.1, -0.05) is 45.1 Å². The van der Waals surface area contributed by atoms with Gasteiger partial charge >= 0.3 is 0 Å². The number of Topliss-reactive ketones (excluding diaryl/α,β-unsaturated/α-hetero) is 1. The predicted molar refractivity (Wildman–Crippen MR) is 133 cm³/mol. The van der Waals surface area contributed by atoms with E-state index in [-0.39, 0.29) is 11.3 Å². The Morgan fingerprint density at radius 3 is 2.59 bits per heavy atom. The standard InChI is InChI=1S/C28H33NO5/c1-5-8-14-29-25(20-10-9-11-22(18-20)33-15-6-2)24(27(31)28(29)32)26(30)21-12-13-23(19(4)17-21)34-16-7-3/h6,9-13,17-18,25,30H,2,5,7-8,14-16H2,1,3-4H3/b26-24+. The number of aliphatic hydroxyl groups is 1. The summed E-state index contributed by atoms with van der Waals surface area (Å²) < 4.78 is 11.4. The molecule has 6 heteroatoms. The fourth-order valence-corrected chi connectivity index (χ4v) is 4.04. The third kappa shape index (κ3) is 5.33. The Hall–Kier alpha value is -3.54. The highest BCUT2D eigenvalue weighted by molar-refractivity contribution is 6.46. The monoisotopic (exact) mass is 463 g/mol. The van der Waals surface area contributed by atoms with Crippen LogP contribution in [0.2, 0.25) is 0 Å². The van der Waals surface area contributed by atoms with E-state index in [1.807, 2.05) is 39.0 Å². The number of benzene rings is 2. The van der Waals surface area contributed by atoms with Crippen molar-refractivity contribution in [3.63, 3.8) is 0 Å². The number of amides is 1. The van der Waals surface area contributed by atoms with E-state index in [9.17, 15) is 14.7 Å². The number of ketones is 1. The molecule has 1 amide bonds. The van der Waals surface area contributed by atoms with Gasteiger partial charge in [-0.05, 0) is 61.2 Å². The van der Waals surface area contributed by atoms with Crippen LogP contribution in [0.4, 0.5) is 0 Å². The zero-order valence-electron chi connectivity index (χ0n) is 20.2. The number of hydrogen-bond acceptors (Lipinski definition) is 5. The first kappa shape index (κ1) is 25.1. The second-order valence-corrected chi connectivity index (χ2v) is 8.35. The van der Waals surface area contributed by atoms with E-state index in [1.54, 1.807) is 35.2 Å². The van der Waals surface area contributed by atoms with Crippen molar-refractivity contribution in [3.8, 4) is 11.5 Å². The van der Waals surface area contributed by atoms with E-state index in [0.29, 0.717) is 36.6 Å². The molecule has 0 saturated carbocycles. The molecule has 6 nitrogen and oxygen atoms in total. The number of unbranched alkanes of at least 4 members (excludes halogenated alkanes) is 1. The Morgan fingerprint density at radius 2 is 1.91 bits per heavy atom. The highest BCUT2D eigenvalue weighted by Gasteiger charge is 2.45. The molecule has 1 fully saturated rings. The van der Waals surface area contributed by atoms with Crippen LogP contribution in [0.3, 0.4) is 0 Å². The predicted octanol–water partition coefficient (Wildman–Crippen LogP) is 5.57. The number of likely N-dealkylation sites (tertiary alicyclic amines) is 1. The fourth-order valence-electron chi connectivity index (χ4n) is 4.04. The molecule has 0 aliphatic carbocycles. The lowest BCUT2D eigenvalue weighted by Gasteiger charge is -2.25. The average Bonchev–Trinajstić information content (AvgIpc) is 3.10. The zero-order chi connectivity index (χ0) is 24.7. The molecule has 1 aliphatic rings. The Bertz CT molecular complexity index is 1090. The highest BCUT2D eigenvalue weighted by atomic mass is 16.5. The number of hydrogen-bond donors (Lipinski definition) is 1. The van der Waals surface area contributed by atoms with E-state index in [0.717, 1.165) is 30.6 Å². The van der Waals surface area contributed by atoms with Crippen molar-refractivity contribution in [1.82, 2.24) is 4.90 Å². The van der Waals surface area contributed by atoms with Crippen molar-refractivity contribution in [2.24, 2.45) is 0 Å². The first-order chi connectivity index (χ1) is 16.4. The molecule has 1 N–H and O–H groups in total. The van der Waals surface area contributed by atoms with E-state index in [1.165, 1.54) is 0 Å². The number of aliphatic hydroxyl groups excluding tert-OH is 1. The molecule has 1 saturated heterocycles. The van der Waals surface area contributed by atoms with Gasteiger partial charge < -0.3 is 19.5 Å². The number of carbonyl (C=O) groups is 2. The summed E-state index contributed by atoms with van der Waals surface area (Å²) in [6.45, 7) is 11.0. The molecule has 0 aromatic heterocycles. The number of aryl methyl sites for hydroxylation is 1. The summed E-state index contributed by atoms with van der Waals surface area (Å²) in [7, 11) is 0. The minimum atomic E-state index is -0.699. The lowest BCUT2D eigenvalue weighted by molar-refractivity contribution is -0.139. The van der Waals surface area contributed by atoms with Gasteiger partial charge in [0, 0.05) is 12.1 Å². The first-order valence-electron chi connectivity index (χ1n) is 11.8. The molecule has 3 rings (SSSR count). The maximum absolute atomic E-state index is 13.1. The Balaban J connectivity index is 2.09. The van der Waals surface area contributed by atoms with Gasteiger partial charge in [0.1, 0.15) is 23.9 Å². The van der Waals surface area contributed by atoms with E-state index < -0.39 is 17.7 Å². The minimum absolute atomic E-state index is 0.0867.